The Bertz CT molecular complexity index is 864. The number of fused-ring (bicyclic) bond motifs is 1. The summed E-state index contributed by atoms with van der Waals surface area (Å²) in [6.07, 6.45) is 5.50. The molecule has 1 amide bonds. The van der Waals surface area contributed by atoms with E-state index in [2.05, 4.69) is 17.2 Å². The van der Waals surface area contributed by atoms with Crippen molar-refractivity contribution in [1.29, 1.82) is 0 Å². The standard InChI is InChI=1S/C21H29N3O2S/c1-4-13-24-20(26)16-10-6-8-12-18(16)23-21(24)27-15(3)19(25)22-17-11-7-5-9-14(17)2/h6,8,10,12,14-15,17H,4-5,7,9,11,13H2,1-3H3,(H,22,25)/t14-,15+,17+/m0/s1. The normalized spacial score (nSPS) is 21.1. The third-order valence-electron chi connectivity index (χ3n) is 5.36. The molecule has 6 heteroatoms. The Morgan fingerprint density at radius 3 is 2.81 bits per heavy atom. The van der Waals surface area contributed by atoms with Crippen molar-refractivity contribution in [2.45, 2.75) is 75.9 Å². The number of rotatable bonds is 6. The van der Waals surface area contributed by atoms with Crippen LogP contribution in [0, 0.1) is 5.92 Å². The molecule has 1 aliphatic carbocycles. The minimum Gasteiger partial charge on any atom is -0.352 e. The van der Waals surface area contributed by atoms with Crippen LogP contribution in [-0.4, -0.2) is 26.8 Å². The topological polar surface area (TPSA) is 64.0 Å². The van der Waals surface area contributed by atoms with Crippen molar-refractivity contribution in [1.82, 2.24) is 14.9 Å². The predicted molar refractivity (Wildman–Crippen MR) is 111 cm³/mol. The number of amides is 1. The first-order chi connectivity index (χ1) is 13.0. The maximum Gasteiger partial charge on any atom is 0.262 e. The molecular formula is C21H29N3O2S. The van der Waals surface area contributed by atoms with E-state index in [-0.39, 0.29) is 22.8 Å². The van der Waals surface area contributed by atoms with Gasteiger partial charge in [0, 0.05) is 12.6 Å². The molecule has 0 unspecified atom stereocenters. The van der Waals surface area contributed by atoms with E-state index in [4.69, 9.17) is 0 Å². The van der Waals surface area contributed by atoms with Gasteiger partial charge in [-0.25, -0.2) is 4.98 Å². The molecule has 3 atom stereocenters. The van der Waals surface area contributed by atoms with Gasteiger partial charge >= 0.3 is 0 Å². The number of thioether (sulfide) groups is 1. The van der Waals surface area contributed by atoms with Crippen LogP contribution in [0.25, 0.3) is 10.9 Å². The molecular weight excluding hydrogens is 358 g/mol. The van der Waals surface area contributed by atoms with Crippen molar-refractivity contribution < 1.29 is 4.79 Å². The lowest BCUT2D eigenvalue weighted by atomic mass is 9.86. The average molecular weight is 388 g/mol. The van der Waals surface area contributed by atoms with E-state index in [1.807, 2.05) is 38.1 Å². The molecule has 2 aromatic rings. The van der Waals surface area contributed by atoms with Gasteiger partial charge in [-0.3, -0.25) is 14.2 Å². The molecule has 0 radical (unpaired) electrons. The van der Waals surface area contributed by atoms with E-state index in [0.717, 1.165) is 12.8 Å². The third-order valence-corrected chi connectivity index (χ3v) is 6.45. The van der Waals surface area contributed by atoms with Gasteiger partial charge in [0.1, 0.15) is 0 Å². The van der Waals surface area contributed by atoms with Crippen LogP contribution in [0.15, 0.2) is 34.2 Å². The lowest BCUT2D eigenvalue weighted by Crippen LogP contribution is -2.44. The lowest BCUT2D eigenvalue weighted by Gasteiger charge is -2.30. The maximum atomic E-state index is 12.9. The predicted octanol–water partition coefficient (Wildman–Crippen LogP) is 3.98. The van der Waals surface area contributed by atoms with Gasteiger partial charge in [-0.15, -0.1) is 0 Å². The lowest BCUT2D eigenvalue weighted by molar-refractivity contribution is -0.121. The molecule has 1 aromatic carbocycles. The smallest absolute Gasteiger partial charge is 0.262 e. The second-order valence-corrected chi connectivity index (χ2v) is 8.81. The number of benzene rings is 1. The van der Waals surface area contributed by atoms with E-state index in [1.54, 1.807) is 4.57 Å². The maximum absolute atomic E-state index is 12.9. The summed E-state index contributed by atoms with van der Waals surface area (Å²) in [5.74, 6) is 0.557. The molecule has 1 aromatic heterocycles. The number of hydrogen-bond acceptors (Lipinski definition) is 4. The summed E-state index contributed by atoms with van der Waals surface area (Å²) in [5, 5.41) is 4.17. The second kappa shape index (κ2) is 8.91. The van der Waals surface area contributed by atoms with Crippen LogP contribution in [-0.2, 0) is 11.3 Å². The highest BCUT2D eigenvalue weighted by Crippen LogP contribution is 2.26. The average Bonchev–Trinajstić information content (AvgIpc) is 2.66. The Hall–Kier alpha value is -1.82. The monoisotopic (exact) mass is 387 g/mol. The van der Waals surface area contributed by atoms with E-state index in [1.165, 1.54) is 31.0 Å². The number of aromatic nitrogens is 2. The number of nitrogens with one attached hydrogen (secondary N) is 1. The Morgan fingerprint density at radius 1 is 1.33 bits per heavy atom. The fraction of sp³-hybridized carbons (Fsp3) is 0.571. The molecule has 1 N–H and O–H groups in total. The van der Waals surface area contributed by atoms with Crippen LogP contribution in [0.2, 0.25) is 0 Å². The summed E-state index contributed by atoms with van der Waals surface area (Å²) in [7, 11) is 0. The minimum absolute atomic E-state index is 0.0292. The van der Waals surface area contributed by atoms with Crippen LogP contribution in [0.5, 0.6) is 0 Å². The van der Waals surface area contributed by atoms with Crippen LogP contribution >= 0.6 is 11.8 Å². The van der Waals surface area contributed by atoms with Crippen molar-refractivity contribution in [2.75, 3.05) is 0 Å². The van der Waals surface area contributed by atoms with Crippen molar-refractivity contribution in [3.63, 3.8) is 0 Å². The van der Waals surface area contributed by atoms with Crippen LogP contribution in [0.4, 0.5) is 0 Å². The Kier molecular flexibility index (Phi) is 6.58. The van der Waals surface area contributed by atoms with Crippen molar-refractivity contribution in [3.8, 4) is 0 Å². The van der Waals surface area contributed by atoms with Gasteiger partial charge in [0.15, 0.2) is 5.16 Å². The quantitative estimate of drug-likeness (QED) is 0.601. The fourth-order valence-corrected chi connectivity index (χ4v) is 4.64. The van der Waals surface area contributed by atoms with Gasteiger partial charge in [0.2, 0.25) is 5.91 Å². The summed E-state index contributed by atoms with van der Waals surface area (Å²) >= 11 is 1.38. The third kappa shape index (κ3) is 4.54. The largest absolute Gasteiger partial charge is 0.352 e. The summed E-state index contributed by atoms with van der Waals surface area (Å²) in [6.45, 7) is 6.75. The molecule has 0 saturated heterocycles. The molecule has 0 spiro atoms. The summed E-state index contributed by atoms with van der Waals surface area (Å²) in [5.41, 5.74) is 0.657. The van der Waals surface area contributed by atoms with E-state index < -0.39 is 0 Å². The van der Waals surface area contributed by atoms with Crippen LogP contribution in [0.3, 0.4) is 0 Å². The van der Waals surface area contributed by atoms with Gasteiger partial charge < -0.3 is 5.32 Å². The van der Waals surface area contributed by atoms with Crippen LogP contribution < -0.4 is 10.9 Å². The number of carbonyl (C=O) groups is 1. The summed E-state index contributed by atoms with van der Waals surface area (Å²) in [4.78, 5) is 30.3. The molecule has 0 bridgehead atoms. The highest BCUT2D eigenvalue weighted by atomic mass is 32.2. The number of carbonyl (C=O) groups excluding carboxylic acids is 1. The second-order valence-electron chi connectivity index (χ2n) is 7.51. The SMILES string of the molecule is CCCn1c(S[C@H](C)C(=O)N[C@@H]2CCCC[C@@H]2C)nc2ccccc2c1=O. The molecule has 0 aliphatic heterocycles. The summed E-state index contributed by atoms with van der Waals surface area (Å²) in [6, 6.07) is 7.66. The highest BCUT2D eigenvalue weighted by molar-refractivity contribution is 8.00. The molecule has 1 fully saturated rings. The first-order valence-electron chi connectivity index (χ1n) is 9.98. The highest BCUT2D eigenvalue weighted by Gasteiger charge is 2.26. The zero-order valence-electron chi connectivity index (χ0n) is 16.4. The van der Waals surface area contributed by atoms with Gasteiger partial charge in [-0.1, -0.05) is 50.6 Å². The fourth-order valence-electron chi connectivity index (χ4n) is 3.70. The molecule has 5 nitrogen and oxygen atoms in total. The molecule has 146 valence electrons. The number of hydrogen-bond donors (Lipinski definition) is 1. The first-order valence-corrected chi connectivity index (χ1v) is 10.9. The Labute approximate surface area is 164 Å². The zero-order chi connectivity index (χ0) is 19.4. The molecule has 27 heavy (non-hydrogen) atoms. The Balaban J connectivity index is 1.81. The summed E-state index contributed by atoms with van der Waals surface area (Å²) < 4.78 is 1.71. The first kappa shape index (κ1) is 19.9. The molecule has 1 aliphatic rings. The van der Waals surface area contributed by atoms with Gasteiger partial charge in [0.05, 0.1) is 16.2 Å². The minimum atomic E-state index is -0.296. The van der Waals surface area contributed by atoms with Crippen molar-refractivity contribution in [3.05, 3.63) is 34.6 Å². The van der Waals surface area contributed by atoms with E-state index >= 15 is 0 Å². The zero-order valence-corrected chi connectivity index (χ0v) is 17.2. The molecule has 1 saturated carbocycles. The van der Waals surface area contributed by atoms with E-state index in [9.17, 15) is 9.59 Å². The molecule has 1 heterocycles. The van der Waals surface area contributed by atoms with Crippen molar-refractivity contribution >= 4 is 28.6 Å². The number of nitrogens with zero attached hydrogens (tertiary/aromatic N) is 2. The van der Waals surface area contributed by atoms with Gasteiger partial charge in [-0.2, -0.15) is 0 Å². The number of para-hydroxylation sites is 1. The van der Waals surface area contributed by atoms with Crippen molar-refractivity contribution in [2.24, 2.45) is 5.92 Å². The van der Waals surface area contributed by atoms with Crippen LogP contribution in [0.1, 0.15) is 52.9 Å². The Morgan fingerprint density at radius 2 is 2.07 bits per heavy atom. The van der Waals surface area contributed by atoms with Gasteiger partial charge in [0.25, 0.3) is 5.56 Å². The van der Waals surface area contributed by atoms with E-state index in [0.29, 0.717) is 28.5 Å². The molecule has 3 rings (SSSR count). The van der Waals surface area contributed by atoms with Gasteiger partial charge in [-0.05, 0) is 44.2 Å².